The third kappa shape index (κ3) is 6.33. The number of rotatable bonds is 8. The molecule has 0 unspecified atom stereocenters. The third-order valence-electron chi connectivity index (χ3n) is 6.88. The molecule has 1 heterocycles. The number of alkyl halides is 3. The number of benzene rings is 2. The maximum absolute atomic E-state index is 13.7. The van der Waals surface area contributed by atoms with Crippen LogP contribution in [0.15, 0.2) is 58.9 Å². The highest BCUT2D eigenvalue weighted by molar-refractivity contribution is 6.33. The zero-order valence-corrected chi connectivity index (χ0v) is 22.2. The van der Waals surface area contributed by atoms with Gasteiger partial charge >= 0.3 is 11.9 Å². The molecule has 1 aliphatic rings. The second-order valence-corrected chi connectivity index (χ2v) is 9.97. The van der Waals surface area contributed by atoms with Crippen molar-refractivity contribution in [3.8, 4) is 28.5 Å². The predicted molar refractivity (Wildman–Crippen MR) is 142 cm³/mol. The summed E-state index contributed by atoms with van der Waals surface area (Å²) in [6.07, 6.45) is -2.41. The van der Waals surface area contributed by atoms with Gasteiger partial charge in [-0.1, -0.05) is 48.7 Å². The first kappa shape index (κ1) is 28.4. The van der Waals surface area contributed by atoms with Crippen molar-refractivity contribution in [3.63, 3.8) is 0 Å². The number of H-pyrrole nitrogens is 1. The summed E-state index contributed by atoms with van der Waals surface area (Å²) in [6.45, 7) is 4.13. The fourth-order valence-electron chi connectivity index (χ4n) is 4.48. The lowest BCUT2D eigenvalue weighted by atomic mass is 9.84. The van der Waals surface area contributed by atoms with Crippen LogP contribution in [0.2, 0.25) is 5.02 Å². The van der Waals surface area contributed by atoms with Gasteiger partial charge < -0.3 is 10.1 Å². The molecule has 1 fully saturated rings. The quantitative estimate of drug-likeness (QED) is 0.318. The Morgan fingerprint density at radius 3 is 2.62 bits per heavy atom. The standard InChI is InChI=1S/C28H28ClF3N4O3/c1-3-17(2)16-39-20-8-6-7-19(14-20)23-34-24(36-26(38)35-23)21-13-18(9-10-22(21)29)15-33-25(37)27(28(30,31)32)11-4-5-12-27/h3,6-10,13-14H,4-5,11-12,15-16H2,1-2H3,(H,33,37)(H,34,35,36,38)/b17-3+. The van der Waals surface area contributed by atoms with Gasteiger partial charge in [-0.15, -0.1) is 0 Å². The van der Waals surface area contributed by atoms with Crippen molar-refractivity contribution < 1.29 is 22.7 Å². The second kappa shape index (κ2) is 11.6. The summed E-state index contributed by atoms with van der Waals surface area (Å²) in [4.78, 5) is 36.1. The first-order chi connectivity index (χ1) is 18.5. The summed E-state index contributed by atoms with van der Waals surface area (Å²) >= 11 is 6.40. The molecule has 2 N–H and O–H groups in total. The van der Waals surface area contributed by atoms with Gasteiger partial charge in [0.05, 0.1) is 5.02 Å². The first-order valence-corrected chi connectivity index (χ1v) is 12.9. The maximum atomic E-state index is 13.7. The lowest BCUT2D eigenvalue weighted by Crippen LogP contribution is -2.48. The SMILES string of the molecule is C/C=C(\C)COc1cccc(-c2nc(-c3cc(CNC(=O)C4(C(F)(F)F)CCCC4)ccc3Cl)[nH]c(=O)n2)c1. The molecule has 4 rings (SSSR count). The fourth-order valence-corrected chi connectivity index (χ4v) is 4.69. The topological polar surface area (TPSA) is 97.0 Å². The molecule has 1 amide bonds. The number of nitrogens with one attached hydrogen (secondary N) is 2. The number of allylic oxidation sites excluding steroid dienone is 1. The molecule has 7 nitrogen and oxygen atoms in total. The van der Waals surface area contributed by atoms with E-state index in [0.29, 0.717) is 41.9 Å². The molecule has 0 bridgehead atoms. The predicted octanol–water partition coefficient (Wildman–Crippen LogP) is 6.24. The lowest BCUT2D eigenvalue weighted by Gasteiger charge is -2.30. The van der Waals surface area contributed by atoms with E-state index in [1.807, 2.05) is 19.9 Å². The Balaban J connectivity index is 1.58. The van der Waals surface area contributed by atoms with Gasteiger partial charge in [0.25, 0.3) is 0 Å². The van der Waals surface area contributed by atoms with Crippen LogP contribution in [0.4, 0.5) is 13.2 Å². The molecule has 0 saturated heterocycles. The number of ether oxygens (including phenoxy) is 1. The Kier molecular flexibility index (Phi) is 8.44. The zero-order chi connectivity index (χ0) is 28.2. The van der Waals surface area contributed by atoms with Crippen LogP contribution in [0.25, 0.3) is 22.8 Å². The fraction of sp³-hybridized carbons (Fsp3) is 0.357. The van der Waals surface area contributed by atoms with E-state index in [0.717, 1.165) is 5.57 Å². The number of aromatic amines is 1. The molecular weight excluding hydrogens is 533 g/mol. The number of hydrogen-bond donors (Lipinski definition) is 2. The number of hydrogen-bond acceptors (Lipinski definition) is 5. The maximum Gasteiger partial charge on any atom is 0.403 e. The minimum atomic E-state index is -4.62. The van der Waals surface area contributed by atoms with Gasteiger partial charge in [-0.3, -0.25) is 9.78 Å². The van der Waals surface area contributed by atoms with Crippen LogP contribution in [-0.4, -0.2) is 33.6 Å². The van der Waals surface area contributed by atoms with Crippen molar-refractivity contribution in [1.82, 2.24) is 20.3 Å². The average molecular weight is 561 g/mol. The van der Waals surface area contributed by atoms with E-state index in [9.17, 15) is 22.8 Å². The smallest absolute Gasteiger partial charge is 0.403 e. The molecular formula is C28H28ClF3N4O3. The monoisotopic (exact) mass is 560 g/mol. The van der Waals surface area contributed by atoms with Crippen molar-refractivity contribution in [1.29, 1.82) is 0 Å². The molecule has 0 spiro atoms. The molecule has 1 aliphatic carbocycles. The van der Waals surface area contributed by atoms with Crippen molar-refractivity contribution >= 4 is 17.5 Å². The summed E-state index contributed by atoms with van der Waals surface area (Å²) in [5, 5.41) is 2.70. The van der Waals surface area contributed by atoms with Crippen molar-refractivity contribution in [2.24, 2.45) is 5.41 Å². The normalized spacial score (nSPS) is 15.3. The molecule has 1 saturated carbocycles. The van der Waals surface area contributed by atoms with E-state index in [2.05, 4.69) is 20.3 Å². The zero-order valence-electron chi connectivity index (χ0n) is 21.5. The van der Waals surface area contributed by atoms with E-state index >= 15 is 0 Å². The van der Waals surface area contributed by atoms with E-state index in [-0.39, 0.29) is 36.1 Å². The number of halogens is 4. The van der Waals surface area contributed by atoms with Crippen molar-refractivity contribution in [3.05, 3.63) is 75.2 Å². The van der Waals surface area contributed by atoms with Gasteiger partial charge in [-0.2, -0.15) is 18.2 Å². The number of nitrogens with zero attached hydrogens (tertiary/aromatic N) is 2. The number of amides is 1. The van der Waals surface area contributed by atoms with Crippen molar-refractivity contribution in [2.75, 3.05) is 6.61 Å². The van der Waals surface area contributed by atoms with Crippen LogP contribution in [0, 0.1) is 5.41 Å². The first-order valence-electron chi connectivity index (χ1n) is 12.5. The summed E-state index contributed by atoms with van der Waals surface area (Å²) in [5.74, 6) is -0.186. The second-order valence-electron chi connectivity index (χ2n) is 9.56. The highest BCUT2D eigenvalue weighted by atomic mass is 35.5. The van der Waals surface area contributed by atoms with E-state index in [1.165, 1.54) is 6.07 Å². The molecule has 2 aromatic carbocycles. The van der Waals surface area contributed by atoms with Crippen LogP contribution in [0.1, 0.15) is 45.1 Å². The van der Waals surface area contributed by atoms with Crippen molar-refractivity contribution in [2.45, 2.75) is 52.3 Å². The Bertz CT molecular complexity index is 1450. The molecule has 206 valence electrons. The number of aromatic nitrogens is 3. The Labute approximate surface area is 228 Å². The molecule has 3 aromatic rings. The Hall–Kier alpha value is -3.66. The van der Waals surface area contributed by atoms with Crippen LogP contribution in [-0.2, 0) is 11.3 Å². The Morgan fingerprint density at radius 2 is 1.92 bits per heavy atom. The summed E-state index contributed by atoms with van der Waals surface area (Å²) in [5.41, 5.74) is -0.586. The molecule has 1 aromatic heterocycles. The molecule has 11 heteroatoms. The summed E-state index contributed by atoms with van der Waals surface area (Å²) in [6, 6.07) is 11.7. The average Bonchev–Trinajstić information content (AvgIpc) is 3.43. The van der Waals surface area contributed by atoms with Gasteiger partial charge in [0.1, 0.15) is 23.6 Å². The van der Waals surface area contributed by atoms with Crippen LogP contribution < -0.4 is 15.7 Å². The molecule has 0 radical (unpaired) electrons. The van der Waals surface area contributed by atoms with Crippen LogP contribution >= 0.6 is 11.6 Å². The van der Waals surface area contributed by atoms with Gasteiger partial charge in [0.2, 0.25) is 5.91 Å². The number of carbonyl (C=O) groups excluding carboxylic acids is 1. The van der Waals surface area contributed by atoms with Gasteiger partial charge in [-0.25, -0.2) is 9.78 Å². The minimum absolute atomic E-state index is 0.127. The van der Waals surface area contributed by atoms with E-state index in [4.69, 9.17) is 16.3 Å². The van der Waals surface area contributed by atoms with Gasteiger partial charge in [0.15, 0.2) is 5.82 Å². The largest absolute Gasteiger partial charge is 0.489 e. The van der Waals surface area contributed by atoms with Crippen LogP contribution in [0.3, 0.4) is 0 Å². The van der Waals surface area contributed by atoms with Gasteiger partial charge in [0, 0.05) is 17.7 Å². The van der Waals surface area contributed by atoms with E-state index in [1.54, 1.807) is 36.4 Å². The summed E-state index contributed by atoms with van der Waals surface area (Å²) in [7, 11) is 0. The highest BCUT2D eigenvalue weighted by Gasteiger charge is 2.60. The molecule has 0 atom stereocenters. The number of carbonyl (C=O) groups is 1. The summed E-state index contributed by atoms with van der Waals surface area (Å²) < 4.78 is 47.0. The highest BCUT2D eigenvalue weighted by Crippen LogP contribution is 2.50. The third-order valence-corrected chi connectivity index (χ3v) is 7.20. The van der Waals surface area contributed by atoms with Crippen LogP contribution in [0.5, 0.6) is 5.75 Å². The van der Waals surface area contributed by atoms with Gasteiger partial charge in [-0.05, 0) is 62.1 Å². The Morgan fingerprint density at radius 1 is 1.18 bits per heavy atom. The minimum Gasteiger partial charge on any atom is -0.489 e. The molecule has 39 heavy (non-hydrogen) atoms. The van der Waals surface area contributed by atoms with E-state index < -0.39 is 23.2 Å². The lowest BCUT2D eigenvalue weighted by molar-refractivity contribution is -0.220. The molecule has 0 aliphatic heterocycles.